The van der Waals surface area contributed by atoms with Gasteiger partial charge in [-0.3, -0.25) is 9.59 Å². The van der Waals surface area contributed by atoms with Crippen molar-refractivity contribution in [3.63, 3.8) is 0 Å². The summed E-state index contributed by atoms with van der Waals surface area (Å²) < 4.78 is 10.1. The van der Waals surface area contributed by atoms with Gasteiger partial charge in [-0.25, -0.2) is 0 Å². The Labute approximate surface area is 158 Å². The highest BCUT2D eigenvalue weighted by atomic mass is 16.5. The van der Waals surface area contributed by atoms with E-state index in [1.165, 1.54) is 0 Å². The predicted octanol–water partition coefficient (Wildman–Crippen LogP) is 3.52. The first-order valence-electron chi connectivity index (χ1n) is 10.2. The molecule has 0 fully saturated rings. The van der Waals surface area contributed by atoms with Crippen LogP contribution in [0.25, 0.3) is 0 Å². The molecule has 0 aliphatic carbocycles. The number of carbonyl (C=O) groups excluding carboxylic acids is 2. The van der Waals surface area contributed by atoms with Crippen molar-refractivity contribution in [3.8, 4) is 0 Å². The SMILES string of the molecule is CCCC(O)CCCCOC(=O)CCC(=O)OCCCCC(O)CCC. The van der Waals surface area contributed by atoms with Crippen LogP contribution in [0.4, 0.5) is 0 Å². The molecular weight excluding hydrogens is 336 g/mol. The molecule has 0 spiro atoms. The standard InChI is InChI=1S/C20H38O6/c1-3-9-17(21)11-5-7-15-25-19(23)13-14-20(24)26-16-8-6-12-18(22)10-4-2/h17-18,21-22H,3-16H2,1-2H3. The van der Waals surface area contributed by atoms with Gasteiger partial charge < -0.3 is 19.7 Å². The molecule has 0 saturated heterocycles. The van der Waals surface area contributed by atoms with Gasteiger partial charge in [-0.1, -0.05) is 26.7 Å². The van der Waals surface area contributed by atoms with Gasteiger partial charge in [0.1, 0.15) is 0 Å². The lowest BCUT2D eigenvalue weighted by atomic mass is 10.1. The van der Waals surface area contributed by atoms with E-state index in [9.17, 15) is 19.8 Å². The molecule has 2 unspecified atom stereocenters. The summed E-state index contributed by atoms with van der Waals surface area (Å²) in [6.45, 7) is 4.72. The second-order valence-corrected chi connectivity index (χ2v) is 6.82. The normalized spacial score (nSPS) is 13.2. The van der Waals surface area contributed by atoms with Crippen molar-refractivity contribution in [3.05, 3.63) is 0 Å². The molecule has 154 valence electrons. The van der Waals surface area contributed by atoms with E-state index in [0.29, 0.717) is 13.2 Å². The highest BCUT2D eigenvalue weighted by Gasteiger charge is 2.10. The summed E-state index contributed by atoms with van der Waals surface area (Å²) in [6.07, 6.45) is 7.64. The number of hydrogen-bond donors (Lipinski definition) is 2. The Morgan fingerprint density at radius 1 is 0.692 bits per heavy atom. The summed E-state index contributed by atoms with van der Waals surface area (Å²) in [5.74, 6) is -0.780. The first-order chi connectivity index (χ1) is 12.5. The maximum atomic E-state index is 11.6. The topological polar surface area (TPSA) is 93.1 Å². The molecule has 0 amide bonds. The fourth-order valence-corrected chi connectivity index (χ4v) is 2.64. The maximum absolute atomic E-state index is 11.6. The van der Waals surface area contributed by atoms with Crippen LogP contribution in [0.2, 0.25) is 0 Å². The van der Waals surface area contributed by atoms with Crippen LogP contribution in [0.3, 0.4) is 0 Å². The number of unbranched alkanes of at least 4 members (excludes halogenated alkanes) is 2. The number of carbonyl (C=O) groups is 2. The van der Waals surface area contributed by atoms with Crippen molar-refractivity contribution in [1.29, 1.82) is 0 Å². The molecule has 0 bridgehead atoms. The summed E-state index contributed by atoms with van der Waals surface area (Å²) in [5.41, 5.74) is 0. The van der Waals surface area contributed by atoms with Gasteiger partial charge in [0.25, 0.3) is 0 Å². The first-order valence-corrected chi connectivity index (χ1v) is 10.2. The minimum atomic E-state index is -0.390. The van der Waals surface area contributed by atoms with Crippen molar-refractivity contribution in [2.45, 2.75) is 103 Å². The molecule has 2 N–H and O–H groups in total. The molecule has 0 aliphatic heterocycles. The molecular formula is C20H38O6. The summed E-state index contributed by atoms with van der Waals surface area (Å²) in [6, 6.07) is 0. The lowest BCUT2D eigenvalue weighted by Gasteiger charge is -2.09. The number of hydrogen-bond acceptors (Lipinski definition) is 6. The molecule has 6 nitrogen and oxygen atoms in total. The Kier molecular flexibility index (Phi) is 16.5. The zero-order valence-corrected chi connectivity index (χ0v) is 16.6. The molecule has 6 heteroatoms. The van der Waals surface area contributed by atoms with Gasteiger partial charge in [0.15, 0.2) is 0 Å². The molecule has 0 saturated carbocycles. The Hall–Kier alpha value is -1.14. The van der Waals surface area contributed by atoms with Crippen LogP contribution >= 0.6 is 0 Å². The fourth-order valence-electron chi connectivity index (χ4n) is 2.64. The predicted molar refractivity (Wildman–Crippen MR) is 101 cm³/mol. The van der Waals surface area contributed by atoms with Crippen molar-refractivity contribution in [1.82, 2.24) is 0 Å². The van der Waals surface area contributed by atoms with Gasteiger partial charge >= 0.3 is 11.9 Å². The van der Waals surface area contributed by atoms with Crippen LogP contribution in [0.5, 0.6) is 0 Å². The van der Waals surface area contributed by atoms with Gasteiger partial charge in [0.2, 0.25) is 0 Å². The third kappa shape index (κ3) is 16.3. The van der Waals surface area contributed by atoms with E-state index in [4.69, 9.17) is 9.47 Å². The minimum Gasteiger partial charge on any atom is -0.466 e. The third-order valence-corrected chi connectivity index (χ3v) is 4.17. The smallest absolute Gasteiger partial charge is 0.306 e. The highest BCUT2D eigenvalue weighted by molar-refractivity contribution is 5.77. The van der Waals surface area contributed by atoms with E-state index in [1.54, 1.807) is 0 Å². The van der Waals surface area contributed by atoms with E-state index in [-0.39, 0.29) is 25.0 Å². The van der Waals surface area contributed by atoms with Crippen LogP contribution in [0, 0.1) is 0 Å². The van der Waals surface area contributed by atoms with E-state index >= 15 is 0 Å². The molecule has 0 aromatic rings. The third-order valence-electron chi connectivity index (χ3n) is 4.17. The lowest BCUT2D eigenvalue weighted by molar-refractivity contribution is -0.150. The first kappa shape index (κ1) is 24.9. The number of aliphatic hydroxyl groups excluding tert-OH is 2. The molecule has 2 atom stereocenters. The Morgan fingerprint density at radius 3 is 1.42 bits per heavy atom. The van der Waals surface area contributed by atoms with Crippen LogP contribution in [0.15, 0.2) is 0 Å². The van der Waals surface area contributed by atoms with Crippen LogP contribution in [-0.2, 0) is 19.1 Å². The summed E-state index contributed by atoms with van der Waals surface area (Å²) in [5, 5.41) is 19.2. The quantitative estimate of drug-likeness (QED) is 0.299. The van der Waals surface area contributed by atoms with Gasteiger partial charge in [-0.2, -0.15) is 0 Å². The average molecular weight is 375 g/mol. The molecule has 0 rings (SSSR count). The lowest BCUT2D eigenvalue weighted by Crippen LogP contribution is -2.12. The zero-order chi connectivity index (χ0) is 19.6. The molecule has 0 aromatic carbocycles. The van der Waals surface area contributed by atoms with Crippen molar-refractivity contribution in [2.24, 2.45) is 0 Å². The van der Waals surface area contributed by atoms with Crippen LogP contribution in [-0.4, -0.2) is 47.6 Å². The van der Waals surface area contributed by atoms with Gasteiger partial charge in [0.05, 0.1) is 38.3 Å². The highest BCUT2D eigenvalue weighted by Crippen LogP contribution is 2.08. The van der Waals surface area contributed by atoms with Gasteiger partial charge in [-0.15, -0.1) is 0 Å². The zero-order valence-electron chi connectivity index (χ0n) is 16.6. The second-order valence-electron chi connectivity index (χ2n) is 6.82. The molecule has 0 heterocycles. The fraction of sp³-hybridized carbons (Fsp3) is 0.900. The Bertz CT molecular complexity index is 324. The summed E-state index contributed by atoms with van der Waals surface area (Å²) in [7, 11) is 0. The Morgan fingerprint density at radius 2 is 1.08 bits per heavy atom. The Balaban J connectivity index is 3.48. The summed E-state index contributed by atoms with van der Waals surface area (Å²) >= 11 is 0. The average Bonchev–Trinajstić information content (AvgIpc) is 2.59. The van der Waals surface area contributed by atoms with Crippen molar-refractivity contribution < 1.29 is 29.3 Å². The summed E-state index contributed by atoms with van der Waals surface area (Å²) in [4.78, 5) is 23.1. The van der Waals surface area contributed by atoms with Gasteiger partial charge in [0, 0.05) is 0 Å². The largest absolute Gasteiger partial charge is 0.466 e. The molecule has 0 aromatic heterocycles. The molecule has 26 heavy (non-hydrogen) atoms. The maximum Gasteiger partial charge on any atom is 0.306 e. The van der Waals surface area contributed by atoms with E-state index in [1.807, 2.05) is 13.8 Å². The van der Waals surface area contributed by atoms with E-state index < -0.39 is 11.9 Å². The number of esters is 2. The van der Waals surface area contributed by atoms with Crippen LogP contribution < -0.4 is 0 Å². The van der Waals surface area contributed by atoms with Crippen molar-refractivity contribution in [2.75, 3.05) is 13.2 Å². The molecule has 0 radical (unpaired) electrons. The van der Waals surface area contributed by atoms with Crippen LogP contribution in [0.1, 0.15) is 90.9 Å². The minimum absolute atomic E-state index is 0.0342. The van der Waals surface area contributed by atoms with Crippen molar-refractivity contribution >= 4 is 11.9 Å². The number of aliphatic hydroxyl groups is 2. The number of rotatable bonds is 17. The number of ether oxygens (including phenoxy) is 2. The monoisotopic (exact) mass is 374 g/mol. The molecule has 0 aliphatic rings. The second kappa shape index (κ2) is 17.3. The van der Waals surface area contributed by atoms with E-state index in [0.717, 1.165) is 64.2 Å². The van der Waals surface area contributed by atoms with E-state index in [2.05, 4.69) is 0 Å². The van der Waals surface area contributed by atoms with Gasteiger partial charge in [-0.05, 0) is 51.4 Å².